The number of rotatable bonds is 9. The number of cyclic esters (lactones) is 1. The van der Waals surface area contributed by atoms with E-state index >= 15 is 0 Å². The quantitative estimate of drug-likeness (QED) is 0.198. The van der Waals surface area contributed by atoms with Crippen LogP contribution < -0.4 is 16.0 Å². The van der Waals surface area contributed by atoms with Gasteiger partial charge in [0, 0.05) is 12.3 Å². The predicted molar refractivity (Wildman–Crippen MR) is 181 cm³/mol. The second-order valence-corrected chi connectivity index (χ2v) is 12.3. The van der Waals surface area contributed by atoms with E-state index in [-0.39, 0.29) is 50.3 Å². The third kappa shape index (κ3) is 9.10. The summed E-state index contributed by atoms with van der Waals surface area (Å²) in [6, 6.07) is 24.2. The van der Waals surface area contributed by atoms with Crippen molar-refractivity contribution in [1.82, 2.24) is 16.0 Å². The zero-order chi connectivity index (χ0) is 33.9. The third-order valence-corrected chi connectivity index (χ3v) is 8.72. The molecule has 0 radical (unpaired) electrons. The molecule has 0 saturated carbocycles. The lowest BCUT2D eigenvalue weighted by molar-refractivity contribution is -0.151. The fourth-order valence-corrected chi connectivity index (χ4v) is 6.24. The number of nitrogens with one attached hydrogen (secondary N) is 3. The van der Waals surface area contributed by atoms with Crippen molar-refractivity contribution in [2.24, 2.45) is 5.92 Å². The summed E-state index contributed by atoms with van der Waals surface area (Å²) in [5, 5.41) is 18.1. The van der Waals surface area contributed by atoms with E-state index in [2.05, 4.69) is 28.1 Å². The molecule has 1 aliphatic carbocycles. The molecule has 3 aromatic rings. The lowest BCUT2D eigenvalue weighted by Crippen LogP contribution is -2.45. The Morgan fingerprint density at radius 1 is 0.958 bits per heavy atom. The molecule has 1 aliphatic heterocycles. The maximum Gasteiger partial charge on any atom is 0.407 e. The Morgan fingerprint density at radius 3 is 2.31 bits per heavy atom. The van der Waals surface area contributed by atoms with E-state index in [1.807, 2.05) is 78.9 Å². The molecule has 3 aromatic carbocycles. The average molecular weight is 654 g/mol. The number of benzene rings is 3. The maximum absolute atomic E-state index is 13.1. The SMILES string of the molecule is CC1CNC(=O)C(CC(=O)NC(CO)Cc2ccccc2)CC=CCCC(NC(=O)OCC2c3ccccc3-c3ccccc32)C(=O)O1. The lowest BCUT2D eigenvalue weighted by Gasteiger charge is -2.22. The third-order valence-electron chi connectivity index (χ3n) is 8.72. The van der Waals surface area contributed by atoms with Crippen LogP contribution in [0.15, 0.2) is 91.0 Å². The van der Waals surface area contributed by atoms with Gasteiger partial charge in [-0.3, -0.25) is 9.59 Å². The summed E-state index contributed by atoms with van der Waals surface area (Å²) in [7, 11) is 0. The Bertz CT molecular complexity index is 1560. The zero-order valence-electron chi connectivity index (χ0n) is 27.1. The van der Waals surface area contributed by atoms with E-state index in [9.17, 15) is 24.3 Å². The molecule has 0 fully saturated rings. The van der Waals surface area contributed by atoms with E-state index in [1.54, 1.807) is 6.92 Å². The van der Waals surface area contributed by atoms with Crippen LogP contribution in [0.1, 0.15) is 55.2 Å². The first-order chi connectivity index (χ1) is 23.3. The van der Waals surface area contributed by atoms with E-state index < -0.39 is 36.2 Å². The smallest absolute Gasteiger partial charge is 0.407 e. The van der Waals surface area contributed by atoms with Crippen LogP contribution in [0.5, 0.6) is 0 Å². The monoisotopic (exact) mass is 653 g/mol. The van der Waals surface area contributed by atoms with Gasteiger partial charge in [-0.2, -0.15) is 0 Å². The van der Waals surface area contributed by atoms with Crippen molar-refractivity contribution in [3.8, 4) is 11.1 Å². The summed E-state index contributed by atoms with van der Waals surface area (Å²) in [5.74, 6) is -2.07. The van der Waals surface area contributed by atoms with Gasteiger partial charge in [-0.05, 0) is 60.4 Å². The molecule has 48 heavy (non-hydrogen) atoms. The maximum atomic E-state index is 13.1. The molecule has 0 aromatic heterocycles. The second kappa shape index (κ2) is 16.7. The number of amides is 3. The fourth-order valence-electron chi connectivity index (χ4n) is 6.24. The summed E-state index contributed by atoms with van der Waals surface area (Å²) in [4.78, 5) is 52.1. The molecule has 2 aliphatic rings. The number of hydrogen-bond donors (Lipinski definition) is 4. The first-order valence-electron chi connectivity index (χ1n) is 16.5. The molecule has 4 N–H and O–H groups in total. The number of allylic oxidation sites excluding steroid dienone is 2. The highest BCUT2D eigenvalue weighted by atomic mass is 16.6. The van der Waals surface area contributed by atoms with Gasteiger partial charge in [-0.25, -0.2) is 9.59 Å². The number of ether oxygens (including phenoxy) is 2. The number of carbonyl (C=O) groups is 4. The van der Waals surface area contributed by atoms with Crippen molar-refractivity contribution < 1.29 is 33.8 Å². The Labute approximate surface area is 280 Å². The molecule has 10 heteroatoms. The van der Waals surface area contributed by atoms with Crippen LogP contribution in [0.25, 0.3) is 11.1 Å². The summed E-state index contributed by atoms with van der Waals surface area (Å²) >= 11 is 0. The van der Waals surface area contributed by atoms with E-state index in [4.69, 9.17) is 9.47 Å². The summed E-state index contributed by atoms with van der Waals surface area (Å²) < 4.78 is 11.2. The molecule has 4 unspecified atom stereocenters. The van der Waals surface area contributed by atoms with Crippen molar-refractivity contribution in [2.75, 3.05) is 19.8 Å². The Morgan fingerprint density at radius 2 is 1.62 bits per heavy atom. The highest BCUT2D eigenvalue weighted by Gasteiger charge is 2.31. The van der Waals surface area contributed by atoms with Crippen molar-refractivity contribution in [1.29, 1.82) is 0 Å². The van der Waals surface area contributed by atoms with Crippen LogP contribution >= 0.6 is 0 Å². The molecule has 10 nitrogen and oxygen atoms in total. The molecule has 0 saturated heterocycles. The molecule has 0 spiro atoms. The topological polar surface area (TPSA) is 143 Å². The Balaban J connectivity index is 1.16. The number of fused-ring (bicyclic) bond motifs is 3. The van der Waals surface area contributed by atoms with Crippen molar-refractivity contribution in [3.63, 3.8) is 0 Å². The minimum Gasteiger partial charge on any atom is -0.459 e. The largest absolute Gasteiger partial charge is 0.459 e. The molecular weight excluding hydrogens is 610 g/mol. The number of alkyl carbamates (subject to hydrolysis) is 1. The fraction of sp³-hybridized carbons (Fsp3) is 0.368. The summed E-state index contributed by atoms with van der Waals surface area (Å²) in [6.45, 7) is 1.57. The van der Waals surface area contributed by atoms with Crippen LogP contribution in [-0.4, -0.2) is 66.9 Å². The highest BCUT2D eigenvalue weighted by Crippen LogP contribution is 2.44. The van der Waals surface area contributed by atoms with Crippen molar-refractivity contribution in [3.05, 3.63) is 108 Å². The number of hydrogen-bond acceptors (Lipinski definition) is 7. The van der Waals surface area contributed by atoms with Gasteiger partial charge in [0.2, 0.25) is 11.8 Å². The van der Waals surface area contributed by atoms with Gasteiger partial charge in [0.05, 0.1) is 25.1 Å². The van der Waals surface area contributed by atoms with Crippen LogP contribution in [-0.2, 0) is 30.3 Å². The van der Waals surface area contributed by atoms with Crippen LogP contribution in [0.3, 0.4) is 0 Å². The van der Waals surface area contributed by atoms with Crippen LogP contribution in [0.4, 0.5) is 4.79 Å². The van der Waals surface area contributed by atoms with E-state index in [1.165, 1.54) is 0 Å². The van der Waals surface area contributed by atoms with Gasteiger partial charge in [0.1, 0.15) is 18.8 Å². The average Bonchev–Trinajstić information content (AvgIpc) is 3.41. The van der Waals surface area contributed by atoms with Crippen LogP contribution in [0, 0.1) is 5.92 Å². The van der Waals surface area contributed by atoms with Gasteiger partial charge in [-0.15, -0.1) is 0 Å². The van der Waals surface area contributed by atoms with Gasteiger partial charge in [0.15, 0.2) is 0 Å². The van der Waals surface area contributed by atoms with Gasteiger partial charge < -0.3 is 30.5 Å². The molecule has 5 rings (SSSR count). The molecule has 4 atom stereocenters. The standard InChI is InChI=1S/C38H43N3O7/c1-25-22-39-36(44)27(21-35(43)40-28(23-42)20-26-12-4-2-5-13-26)14-6-3-7-19-34(37(45)48-25)41-38(46)47-24-33-31-17-10-8-15-29(31)30-16-9-11-18-32(30)33/h2-6,8-13,15-18,25,27-28,33-34,42H,7,14,19-24H2,1H3,(H,39,44)(H,40,43)(H,41,46). The second-order valence-electron chi connectivity index (χ2n) is 12.3. The molecule has 1 heterocycles. The molecular formula is C38H43N3O7. The van der Waals surface area contributed by atoms with Gasteiger partial charge in [-0.1, -0.05) is 91.0 Å². The van der Waals surface area contributed by atoms with Gasteiger partial charge >= 0.3 is 12.1 Å². The number of aliphatic hydroxyl groups is 1. The summed E-state index contributed by atoms with van der Waals surface area (Å²) in [5.41, 5.74) is 5.40. The van der Waals surface area contributed by atoms with Crippen molar-refractivity contribution in [2.45, 2.75) is 63.1 Å². The predicted octanol–water partition coefficient (Wildman–Crippen LogP) is 4.41. The first-order valence-corrected chi connectivity index (χ1v) is 16.5. The van der Waals surface area contributed by atoms with E-state index in [0.717, 1.165) is 27.8 Å². The molecule has 0 bridgehead atoms. The number of carbonyl (C=O) groups excluding carboxylic acids is 4. The number of esters is 1. The highest BCUT2D eigenvalue weighted by molar-refractivity contribution is 5.86. The van der Waals surface area contributed by atoms with Crippen LogP contribution in [0.2, 0.25) is 0 Å². The molecule has 3 amide bonds. The minimum atomic E-state index is -0.953. The zero-order valence-corrected chi connectivity index (χ0v) is 27.1. The normalized spacial score (nSPS) is 20.4. The van der Waals surface area contributed by atoms with Crippen molar-refractivity contribution >= 4 is 23.9 Å². The summed E-state index contributed by atoms with van der Waals surface area (Å²) in [6.07, 6.45) is 3.62. The number of aliphatic hydroxyl groups excluding tert-OH is 1. The molecule has 252 valence electrons. The van der Waals surface area contributed by atoms with E-state index in [0.29, 0.717) is 19.3 Å². The van der Waals surface area contributed by atoms with Gasteiger partial charge in [0.25, 0.3) is 0 Å². The lowest BCUT2D eigenvalue weighted by atomic mass is 9.98. The minimum absolute atomic E-state index is 0.0390. The first kappa shape index (κ1) is 34.4. The Hall–Kier alpha value is -4.96. The Kier molecular flexibility index (Phi) is 12.0.